The first-order valence-corrected chi connectivity index (χ1v) is 11.5. The maximum Gasteiger partial charge on any atom is 0.262 e. The van der Waals surface area contributed by atoms with E-state index in [9.17, 15) is 9.59 Å². The van der Waals surface area contributed by atoms with E-state index in [0.29, 0.717) is 29.4 Å². The number of para-hydroxylation sites is 1. The van der Waals surface area contributed by atoms with Crippen molar-refractivity contribution in [2.24, 2.45) is 0 Å². The summed E-state index contributed by atoms with van der Waals surface area (Å²) in [4.78, 5) is 26.8. The van der Waals surface area contributed by atoms with Gasteiger partial charge in [0.15, 0.2) is 11.5 Å². The van der Waals surface area contributed by atoms with Crippen LogP contribution < -0.4 is 20.1 Å². The number of rotatable bonds is 4. The molecular weight excluding hydrogens is 436 g/mol. The number of hydrogen-bond acceptors (Lipinski definition) is 5. The molecule has 2 aliphatic heterocycles. The monoisotopic (exact) mass is 458 g/mol. The Bertz CT molecular complexity index is 1250. The molecule has 33 heavy (non-hydrogen) atoms. The van der Waals surface area contributed by atoms with Gasteiger partial charge >= 0.3 is 0 Å². The van der Waals surface area contributed by atoms with Crippen molar-refractivity contribution in [1.82, 2.24) is 5.32 Å². The number of fused-ring (bicyclic) bond motifs is 2. The Morgan fingerprint density at radius 1 is 1.03 bits per heavy atom. The first-order valence-electron chi connectivity index (χ1n) is 10.7. The van der Waals surface area contributed by atoms with Crippen molar-refractivity contribution < 1.29 is 19.1 Å². The highest BCUT2D eigenvalue weighted by atomic mass is 32.2. The summed E-state index contributed by atoms with van der Waals surface area (Å²) in [6, 6.07) is 20.4. The van der Waals surface area contributed by atoms with Gasteiger partial charge in [0, 0.05) is 10.5 Å². The molecule has 0 saturated heterocycles. The van der Waals surface area contributed by atoms with Gasteiger partial charge in [-0.15, -0.1) is 0 Å². The maximum atomic E-state index is 12.8. The van der Waals surface area contributed by atoms with E-state index in [1.807, 2.05) is 67.6 Å². The summed E-state index contributed by atoms with van der Waals surface area (Å²) >= 11 is 1.44. The van der Waals surface area contributed by atoms with Crippen LogP contribution in [0.3, 0.4) is 0 Å². The first-order chi connectivity index (χ1) is 16.1. The fraction of sp³-hybridized carbons (Fsp3) is 0.154. The van der Waals surface area contributed by atoms with Crippen LogP contribution in [0.25, 0.3) is 6.08 Å². The van der Waals surface area contributed by atoms with Gasteiger partial charge < -0.3 is 20.1 Å². The Labute approximate surface area is 196 Å². The fourth-order valence-electron chi connectivity index (χ4n) is 3.68. The molecule has 0 aromatic heterocycles. The van der Waals surface area contributed by atoms with Gasteiger partial charge in [0.05, 0.1) is 16.6 Å². The first kappa shape index (κ1) is 21.2. The van der Waals surface area contributed by atoms with E-state index in [4.69, 9.17) is 9.47 Å². The summed E-state index contributed by atoms with van der Waals surface area (Å²) in [5.74, 6) is 1.12. The van der Waals surface area contributed by atoms with E-state index in [2.05, 4.69) is 10.6 Å². The molecule has 0 spiro atoms. The molecule has 0 fully saturated rings. The highest BCUT2D eigenvalue weighted by Gasteiger charge is 2.21. The van der Waals surface area contributed by atoms with Crippen LogP contribution in [-0.4, -0.2) is 25.0 Å². The predicted molar refractivity (Wildman–Crippen MR) is 129 cm³/mol. The zero-order valence-electron chi connectivity index (χ0n) is 18.0. The number of amides is 2. The molecule has 0 radical (unpaired) electrons. The highest BCUT2D eigenvalue weighted by Crippen LogP contribution is 2.38. The van der Waals surface area contributed by atoms with Crippen LogP contribution in [0.4, 0.5) is 5.69 Å². The molecule has 0 bridgehead atoms. The summed E-state index contributed by atoms with van der Waals surface area (Å²) in [6.07, 6.45) is 1.83. The van der Waals surface area contributed by atoms with Gasteiger partial charge in [-0.25, -0.2) is 0 Å². The van der Waals surface area contributed by atoms with E-state index >= 15 is 0 Å². The highest BCUT2D eigenvalue weighted by molar-refractivity contribution is 8.04. The Balaban J connectivity index is 1.26. The molecule has 5 rings (SSSR count). The Kier molecular flexibility index (Phi) is 5.79. The SMILES string of the molecule is C[C@@H](NC(=O)c1ccc(/C=C2/Sc3ccccc3NC2=O)cc1)c1ccc2c(c1)OCCO2. The van der Waals surface area contributed by atoms with Crippen molar-refractivity contribution in [3.05, 3.63) is 88.3 Å². The minimum absolute atomic E-state index is 0.131. The zero-order valence-corrected chi connectivity index (χ0v) is 18.8. The number of hydrogen-bond donors (Lipinski definition) is 2. The summed E-state index contributed by atoms with van der Waals surface area (Å²) in [7, 11) is 0. The van der Waals surface area contributed by atoms with Crippen LogP contribution in [0, 0.1) is 0 Å². The van der Waals surface area contributed by atoms with Gasteiger partial charge in [0.2, 0.25) is 0 Å². The number of carbonyl (C=O) groups excluding carboxylic acids is 2. The molecule has 2 amide bonds. The van der Waals surface area contributed by atoms with Crippen LogP contribution in [0.2, 0.25) is 0 Å². The molecule has 7 heteroatoms. The molecule has 3 aromatic rings. The van der Waals surface area contributed by atoms with Gasteiger partial charge in [-0.1, -0.05) is 42.1 Å². The molecule has 6 nitrogen and oxygen atoms in total. The molecular formula is C26H22N2O4S. The van der Waals surface area contributed by atoms with Crippen molar-refractivity contribution in [3.63, 3.8) is 0 Å². The van der Waals surface area contributed by atoms with E-state index in [-0.39, 0.29) is 17.9 Å². The maximum absolute atomic E-state index is 12.8. The minimum atomic E-state index is -0.197. The fourth-order valence-corrected chi connectivity index (χ4v) is 4.63. The average Bonchev–Trinajstić information content (AvgIpc) is 2.84. The Morgan fingerprint density at radius 3 is 2.61 bits per heavy atom. The van der Waals surface area contributed by atoms with Gasteiger partial charge in [0.25, 0.3) is 11.8 Å². The molecule has 0 aliphatic carbocycles. The lowest BCUT2D eigenvalue weighted by atomic mass is 10.1. The number of anilines is 1. The minimum Gasteiger partial charge on any atom is -0.486 e. The summed E-state index contributed by atoms with van der Waals surface area (Å²) in [6.45, 7) is 2.99. The van der Waals surface area contributed by atoms with Crippen LogP contribution in [-0.2, 0) is 4.79 Å². The number of ether oxygens (including phenoxy) is 2. The van der Waals surface area contributed by atoms with Crippen LogP contribution in [0.15, 0.2) is 76.5 Å². The predicted octanol–water partition coefficient (Wildman–Crippen LogP) is 5.03. The molecule has 166 valence electrons. The average molecular weight is 459 g/mol. The number of benzene rings is 3. The molecule has 2 N–H and O–H groups in total. The lowest BCUT2D eigenvalue weighted by Crippen LogP contribution is -2.26. The van der Waals surface area contributed by atoms with E-state index in [1.54, 1.807) is 12.1 Å². The summed E-state index contributed by atoms with van der Waals surface area (Å²) in [5, 5.41) is 5.93. The largest absolute Gasteiger partial charge is 0.486 e. The van der Waals surface area contributed by atoms with Crippen molar-refractivity contribution in [3.8, 4) is 11.5 Å². The molecule has 1 atom stereocenters. The quantitative estimate of drug-likeness (QED) is 0.536. The topological polar surface area (TPSA) is 76.7 Å². The van der Waals surface area contributed by atoms with E-state index in [1.165, 1.54) is 11.8 Å². The van der Waals surface area contributed by atoms with Crippen LogP contribution in [0.5, 0.6) is 11.5 Å². The van der Waals surface area contributed by atoms with Gasteiger partial charge in [-0.05, 0) is 60.5 Å². The smallest absolute Gasteiger partial charge is 0.262 e. The lowest BCUT2D eigenvalue weighted by Gasteiger charge is -2.21. The molecule has 0 saturated carbocycles. The van der Waals surface area contributed by atoms with Crippen molar-refractivity contribution in [2.45, 2.75) is 17.9 Å². The number of thioether (sulfide) groups is 1. The van der Waals surface area contributed by atoms with Gasteiger partial charge in [-0.2, -0.15) is 0 Å². The zero-order chi connectivity index (χ0) is 22.8. The van der Waals surface area contributed by atoms with Crippen molar-refractivity contribution >= 4 is 35.3 Å². The molecule has 0 unspecified atom stereocenters. The Hall–Kier alpha value is -3.71. The van der Waals surface area contributed by atoms with Crippen molar-refractivity contribution in [1.29, 1.82) is 0 Å². The summed E-state index contributed by atoms with van der Waals surface area (Å²) in [5.41, 5.74) is 3.16. The molecule has 2 heterocycles. The van der Waals surface area contributed by atoms with Crippen LogP contribution in [0.1, 0.15) is 34.5 Å². The van der Waals surface area contributed by atoms with Gasteiger partial charge in [0.1, 0.15) is 13.2 Å². The second-order valence-electron chi connectivity index (χ2n) is 7.78. The second kappa shape index (κ2) is 9.03. The number of nitrogens with one attached hydrogen (secondary N) is 2. The summed E-state index contributed by atoms with van der Waals surface area (Å²) < 4.78 is 11.2. The van der Waals surface area contributed by atoms with E-state index in [0.717, 1.165) is 27.5 Å². The Morgan fingerprint density at radius 2 is 1.79 bits per heavy atom. The third-order valence-electron chi connectivity index (χ3n) is 5.46. The van der Waals surface area contributed by atoms with Crippen molar-refractivity contribution in [2.75, 3.05) is 18.5 Å². The second-order valence-corrected chi connectivity index (χ2v) is 8.86. The number of carbonyl (C=O) groups is 2. The molecule has 2 aliphatic rings. The third-order valence-corrected chi connectivity index (χ3v) is 6.56. The third kappa shape index (κ3) is 4.59. The lowest BCUT2D eigenvalue weighted by molar-refractivity contribution is -0.112. The van der Waals surface area contributed by atoms with Crippen LogP contribution >= 0.6 is 11.8 Å². The normalized spacial score (nSPS) is 16.5. The molecule has 3 aromatic carbocycles. The van der Waals surface area contributed by atoms with Gasteiger partial charge in [-0.3, -0.25) is 9.59 Å². The van der Waals surface area contributed by atoms with E-state index < -0.39 is 0 Å². The standard InChI is InChI=1S/C26H22N2O4S/c1-16(19-10-11-21-22(15-19)32-13-12-31-21)27-25(29)18-8-6-17(7-9-18)14-24-26(30)28-20-4-2-3-5-23(20)33-24/h2-11,14-16H,12-13H2,1H3,(H,27,29)(H,28,30)/b24-14+/t16-/m1/s1.